The highest BCUT2D eigenvalue weighted by atomic mass is 32.1. The minimum Gasteiger partial charge on any atom is -0.309 e. The maximum Gasteiger partial charge on any atom is 0.161 e. The fraction of sp³-hybridized carbons (Fsp3) is 0.0217. The van der Waals surface area contributed by atoms with Gasteiger partial charge in [-0.3, -0.25) is 4.99 Å². The summed E-state index contributed by atoms with van der Waals surface area (Å²) in [5.41, 5.74) is 8.87. The van der Waals surface area contributed by atoms with E-state index in [4.69, 9.17) is 9.98 Å². The van der Waals surface area contributed by atoms with Gasteiger partial charge < -0.3 is 4.57 Å². The van der Waals surface area contributed by atoms with E-state index in [9.17, 15) is 0 Å². The van der Waals surface area contributed by atoms with Crippen molar-refractivity contribution in [3.8, 4) is 16.8 Å². The molecule has 242 valence electrons. The van der Waals surface area contributed by atoms with Gasteiger partial charge >= 0.3 is 0 Å². The number of aromatic nitrogens is 1. The molecule has 2 aromatic heterocycles. The predicted molar refractivity (Wildman–Crippen MR) is 218 cm³/mol. The second-order valence-electron chi connectivity index (χ2n) is 12.5. The molecule has 0 atom stereocenters. The van der Waals surface area contributed by atoms with E-state index in [0.717, 1.165) is 22.4 Å². The van der Waals surface area contributed by atoms with E-state index in [-0.39, 0.29) is 0 Å². The molecule has 0 saturated heterocycles. The second kappa shape index (κ2) is 13.1. The van der Waals surface area contributed by atoms with Gasteiger partial charge in [-0.25, -0.2) is 9.98 Å². The number of benzene rings is 7. The molecule has 0 amide bonds. The predicted octanol–water partition coefficient (Wildman–Crippen LogP) is 11.9. The molecule has 0 saturated carbocycles. The van der Waals surface area contributed by atoms with E-state index in [1.54, 1.807) is 0 Å². The number of amidine groups is 2. The number of rotatable bonds is 6. The summed E-state index contributed by atoms with van der Waals surface area (Å²) in [6.45, 7) is 4.26. The van der Waals surface area contributed by atoms with Crippen molar-refractivity contribution in [3.05, 3.63) is 187 Å². The van der Waals surface area contributed by atoms with E-state index in [0.29, 0.717) is 18.2 Å². The van der Waals surface area contributed by atoms with Crippen LogP contribution in [-0.2, 0) is 6.54 Å². The van der Waals surface area contributed by atoms with Crippen molar-refractivity contribution in [3.63, 3.8) is 0 Å². The molecular formula is C46H32N4S. The van der Waals surface area contributed by atoms with Crippen molar-refractivity contribution in [2.45, 2.75) is 6.54 Å². The minimum absolute atomic E-state index is 0.476. The van der Waals surface area contributed by atoms with Gasteiger partial charge in [0.1, 0.15) is 0 Å². The van der Waals surface area contributed by atoms with Crippen LogP contribution in [0.2, 0.25) is 0 Å². The molecule has 0 N–H and O–H groups in total. The average molecular weight is 673 g/mol. The van der Waals surface area contributed by atoms with Crippen LogP contribution in [-0.4, -0.2) is 23.0 Å². The fourth-order valence-electron chi connectivity index (χ4n) is 6.96. The number of thiophene rings is 1. The van der Waals surface area contributed by atoms with Gasteiger partial charge in [0.05, 0.1) is 17.6 Å². The zero-order valence-electron chi connectivity index (χ0n) is 27.8. The first kappa shape index (κ1) is 30.6. The van der Waals surface area contributed by atoms with Crippen molar-refractivity contribution >= 4 is 71.7 Å². The Morgan fingerprint density at radius 1 is 0.549 bits per heavy atom. The van der Waals surface area contributed by atoms with Crippen LogP contribution < -0.4 is 0 Å². The molecule has 0 spiro atoms. The van der Waals surface area contributed by atoms with Crippen molar-refractivity contribution < 1.29 is 0 Å². The third-order valence-corrected chi connectivity index (χ3v) is 10.6. The Balaban J connectivity index is 1.11. The third kappa shape index (κ3) is 5.64. The van der Waals surface area contributed by atoms with Gasteiger partial charge in [0, 0.05) is 47.8 Å². The Hall–Kier alpha value is -6.43. The summed E-state index contributed by atoms with van der Waals surface area (Å²) in [6, 6.07) is 59.6. The van der Waals surface area contributed by atoms with E-state index in [1.165, 1.54) is 53.1 Å². The topological polar surface area (TPSA) is 42.0 Å². The zero-order chi connectivity index (χ0) is 34.1. The monoisotopic (exact) mass is 672 g/mol. The van der Waals surface area contributed by atoms with Crippen LogP contribution >= 0.6 is 11.3 Å². The first-order valence-corrected chi connectivity index (χ1v) is 17.8. The highest BCUT2D eigenvalue weighted by Crippen LogP contribution is 2.41. The van der Waals surface area contributed by atoms with Gasteiger partial charge in [0.2, 0.25) is 0 Å². The zero-order valence-corrected chi connectivity index (χ0v) is 28.6. The van der Waals surface area contributed by atoms with Gasteiger partial charge in [-0.2, -0.15) is 0 Å². The summed E-state index contributed by atoms with van der Waals surface area (Å²) in [4.78, 5) is 14.1. The molecule has 0 radical (unpaired) electrons. The Kier molecular flexibility index (Phi) is 7.88. The Bertz CT molecular complexity index is 2770. The molecule has 51 heavy (non-hydrogen) atoms. The molecule has 0 aliphatic rings. The van der Waals surface area contributed by atoms with E-state index >= 15 is 0 Å². The van der Waals surface area contributed by atoms with E-state index < -0.39 is 0 Å². The molecule has 4 nitrogen and oxygen atoms in total. The van der Waals surface area contributed by atoms with Crippen molar-refractivity contribution in [1.82, 2.24) is 4.57 Å². The molecule has 9 rings (SSSR count). The maximum atomic E-state index is 4.99. The summed E-state index contributed by atoms with van der Waals surface area (Å²) in [6.07, 6.45) is 0. The number of hydrogen-bond donors (Lipinski definition) is 0. The normalized spacial score (nSPS) is 12.3. The lowest BCUT2D eigenvalue weighted by molar-refractivity contribution is 1.05. The summed E-state index contributed by atoms with van der Waals surface area (Å²) in [5.74, 6) is 1.16. The van der Waals surface area contributed by atoms with Crippen molar-refractivity contribution in [2.75, 3.05) is 0 Å². The third-order valence-electron chi connectivity index (χ3n) is 9.42. The van der Waals surface area contributed by atoms with Gasteiger partial charge in [0.25, 0.3) is 0 Å². The quantitative estimate of drug-likeness (QED) is 0.125. The molecule has 0 aliphatic heterocycles. The lowest BCUT2D eigenvalue weighted by Crippen LogP contribution is -2.05. The number of para-hydroxylation sites is 1. The van der Waals surface area contributed by atoms with Gasteiger partial charge in [-0.15, -0.1) is 11.3 Å². The standard InChI is InChI=1S/C46H32N4S/c1-47-45(32-13-4-2-5-14-32)49-46(33-15-6-3-7-16-33)48-30-31-23-26-35(27-24-31)50-41-21-10-8-17-37(41)38-28-25-34(29-42(38)50)36-19-12-20-40-39-18-9-11-22-43(39)51-44(36)40/h2-29H,1,30H2/b48-46-,49-45-. The Morgan fingerprint density at radius 3 is 1.96 bits per heavy atom. The lowest BCUT2D eigenvalue weighted by Gasteiger charge is -2.10. The molecule has 0 aliphatic carbocycles. The van der Waals surface area contributed by atoms with E-state index in [2.05, 4.69) is 125 Å². The number of fused-ring (bicyclic) bond motifs is 6. The Labute approximate surface area is 300 Å². The number of hydrogen-bond acceptors (Lipinski definition) is 2. The highest BCUT2D eigenvalue weighted by molar-refractivity contribution is 7.26. The first-order chi connectivity index (χ1) is 25.2. The lowest BCUT2D eigenvalue weighted by atomic mass is 10.0. The molecule has 0 fully saturated rings. The SMILES string of the molecule is C=N/C(=N\C(=N/Cc1ccc(-n2c3ccccc3c3ccc(-c4cccc5c4sc4ccccc45)cc32)cc1)c1ccccc1)c1ccccc1. The van der Waals surface area contributed by atoms with Crippen LogP contribution in [0.15, 0.2) is 185 Å². The van der Waals surface area contributed by atoms with Crippen LogP contribution in [0.5, 0.6) is 0 Å². The van der Waals surface area contributed by atoms with Crippen LogP contribution in [0.25, 0.3) is 58.8 Å². The van der Waals surface area contributed by atoms with Gasteiger partial charge in [0.15, 0.2) is 11.7 Å². The van der Waals surface area contributed by atoms with Crippen LogP contribution in [0, 0.1) is 0 Å². The van der Waals surface area contributed by atoms with Crippen molar-refractivity contribution in [2.24, 2.45) is 15.0 Å². The van der Waals surface area contributed by atoms with Gasteiger partial charge in [-0.05, 0) is 53.7 Å². The average Bonchev–Trinajstić information content (AvgIpc) is 3.74. The molecule has 9 aromatic rings. The molecular weight excluding hydrogens is 641 g/mol. The van der Waals surface area contributed by atoms with Crippen molar-refractivity contribution in [1.29, 1.82) is 0 Å². The summed E-state index contributed by atoms with van der Waals surface area (Å²) in [7, 11) is 0. The Morgan fingerprint density at radius 2 is 1.20 bits per heavy atom. The minimum atomic E-state index is 0.476. The fourth-order valence-corrected chi connectivity index (χ4v) is 8.20. The number of aliphatic imine (C=N–C) groups is 3. The smallest absolute Gasteiger partial charge is 0.161 e. The highest BCUT2D eigenvalue weighted by Gasteiger charge is 2.16. The molecule has 5 heteroatoms. The summed E-state index contributed by atoms with van der Waals surface area (Å²) in [5, 5.41) is 5.10. The van der Waals surface area contributed by atoms with Crippen LogP contribution in [0.4, 0.5) is 0 Å². The molecule has 2 heterocycles. The summed E-state index contributed by atoms with van der Waals surface area (Å²) < 4.78 is 5.02. The van der Waals surface area contributed by atoms with E-state index in [1.807, 2.05) is 72.0 Å². The number of nitrogens with zero attached hydrogens (tertiary/aromatic N) is 4. The first-order valence-electron chi connectivity index (χ1n) is 17.0. The summed E-state index contributed by atoms with van der Waals surface area (Å²) >= 11 is 1.87. The molecule has 7 aromatic carbocycles. The molecule has 0 bridgehead atoms. The maximum absolute atomic E-state index is 4.99. The largest absolute Gasteiger partial charge is 0.309 e. The molecule has 0 unspecified atom stereocenters. The van der Waals surface area contributed by atoms with Gasteiger partial charge in [-0.1, -0.05) is 140 Å². The second-order valence-corrected chi connectivity index (χ2v) is 13.5. The van der Waals surface area contributed by atoms with Crippen LogP contribution in [0.1, 0.15) is 16.7 Å². The van der Waals surface area contributed by atoms with Crippen LogP contribution in [0.3, 0.4) is 0 Å².